The average molecular weight is 284 g/mol. The SMILES string of the molecule is CN(c1ncnc2[nH]ccc12)[C@@H]1C[C@H]2CCC(=O)C[C@H]2C1. The molecular formula is C16H20N4O. The molecule has 2 heterocycles. The van der Waals surface area contributed by atoms with Crippen LogP contribution in [0.15, 0.2) is 18.6 Å². The number of H-pyrrole nitrogens is 1. The van der Waals surface area contributed by atoms with Crippen molar-refractivity contribution in [2.75, 3.05) is 11.9 Å². The molecule has 2 aliphatic rings. The molecule has 5 nitrogen and oxygen atoms in total. The van der Waals surface area contributed by atoms with Crippen LogP contribution in [0.2, 0.25) is 0 Å². The number of aromatic nitrogens is 3. The van der Waals surface area contributed by atoms with E-state index >= 15 is 0 Å². The second kappa shape index (κ2) is 4.83. The zero-order valence-electron chi connectivity index (χ0n) is 12.2. The van der Waals surface area contributed by atoms with Crippen LogP contribution in [0.3, 0.4) is 0 Å². The average Bonchev–Trinajstić information content (AvgIpc) is 3.11. The van der Waals surface area contributed by atoms with Gasteiger partial charge < -0.3 is 9.88 Å². The molecule has 0 unspecified atom stereocenters. The van der Waals surface area contributed by atoms with Gasteiger partial charge in [-0.2, -0.15) is 0 Å². The largest absolute Gasteiger partial charge is 0.356 e. The summed E-state index contributed by atoms with van der Waals surface area (Å²) in [5.41, 5.74) is 0.887. The Morgan fingerprint density at radius 1 is 1.29 bits per heavy atom. The molecule has 2 aliphatic carbocycles. The molecule has 0 aromatic carbocycles. The number of rotatable bonds is 2. The molecule has 1 N–H and O–H groups in total. The summed E-state index contributed by atoms with van der Waals surface area (Å²) < 4.78 is 0. The van der Waals surface area contributed by atoms with Crippen molar-refractivity contribution in [1.29, 1.82) is 0 Å². The van der Waals surface area contributed by atoms with Crippen molar-refractivity contribution >= 4 is 22.6 Å². The maximum absolute atomic E-state index is 11.7. The lowest BCUT2D eigenvalue weighted by molar-refractivity contribution is -0.122. The fourth-order valence-electron chi connectivity index (χ4n) is 4.15. The van der Waals surface area contributed by atoms with E-state index in [1.54, 1.807) is 6.33 Å². The van der Waals surface area contributed by atoms with Crippen LogP contribution in [0.25, 0.3) is 11.0 Å². The Hall–Kier alpha value is -1.91. The number of nitrogens with zero attached hydrogens (tertiary/aromatic N) is 3. The smallest absolute Gasteiger partial charge is 0.142 e. The highest BCUT2D eigenvalue weighted by molar-refractivity contribution is 5.87. The molecule has 2 aromatic heterocycles. The summed E-state index contributed by atoms with van der Waals surface area (Å²) in [4.78, 5) is 25.8. The third-order valence-electron chi connectivity index (χ3n) is 5.31. The van der Waals surface area contributed by atoms with Gasteiger partial charge in [-0.1, -0.05) is 0 Å². The monoisotopic (exact) mass is 284 g/mol. The number of hydrogen-bond acceptors (Lipinski definition) is 4. The van der Waals surface area contributed by atoms with Crippen LogP contribution >= 0.6 is 0 Å². The van der Waals surface area contributed by atoms with Crippen molar-refractivity contribution in [1.82, 2.24) is 15.0 Å². The standard InChI is InChI=1S/C16H20N4O/c1-20(16-14-4-5-17-15(14)18-9-19-16)12-6-10-2-3-13(21)8-11(10)7-12/h4-5,9-12H,2-3,6-8H2,1H3,(H,17,18,19)/t10-,11-,12-/m1/s1. The molecular weight excluding hydrogens is 264 g/mol. The summed E-state index contributed by atoms with van der Waals surface area (Å²) in [6.07, 6.45) is 8.48. The summed E-state index contributed by atoms with van der Waals surface area (Å²) in [5.74, 6) is 2.76. The van der Waals surface area contributed by atoms with E-state index < -0.39 is 0 Å². The summed E-state index contributed by atoms with van der Waals surface area (Å²) in [6, 6.07) is 2.52. The molecule has 2 aromatic rings. The van der Waals surface area contributed by atoms with Gasteiger partial charge in [0.25, 0.3) is 0 Å². The van der Waals surface area contributed by atoms with Crippen molar-refractivity contribution in [2.45, 2.75) is 38.1 Å². The molecule has 5 heteroatoms. The number of fused-ring (bicyclic) bond motifs is 2. The molecule has 0 spiro atoms. The minimum absolute atomic E-state index is 0.453. The van der Waals surface area contributed by atoms with E-state index in [9.17, 15) is 4.79 Å². The minimum Gasteiger partial charge on any atom is -0.356 e. The lowest BCUT2D eigenvalue weighted by atomic mass is 9.81. The number of nitrogens with one attached hydrogen (secondary N) is 1. The first-order valence-corrected chi connectivity index (χ1v) is 7.75. The molecule has 0 aliphatic heterocycles. The first-order valence-electron chi connectivity index (χ1n) is 7.75. The molecule has 2 saturated carbocycles. The number of ketones is 1. The van der Waals surface area contributed by atoms with E-state index in [1.165, 1.54) is 6.42 Å². The second-order valence-corrected chi connectivity index (χ2v) is 6.47. The molecule has 0 saturated heterocycles. The van der Waals surface area contributed by atoms with Crippen LogP contribution in [0, 0.1) is 11.8 Å². The van der Waals surface area contributed by atoms with Crippen LogP contribution in [-0.4, -0.2) is 33.8 Å². The predicted octanol–water partition coefficient (Wildman–Crippen LogP) is 2.54. The van der Waals surface area contributed by atoms with Crippen molar-refractivity contribution in [3.63, 3.8) is 0 Å². The molecule has 2 fully saturated rings. The second-order valence-electron chi connectivity index (χ2n) is 6.47. The molecule has 0 bridgehead atoms. The van der Waals surface area contributed by atoms with Crippen molar-refractivity contribution < 1.29 is 4.79 Å². The van der Waals surface area contributed by atoms with Crippen LogP contribution in [0.5, 0.6) is 0 Å². The van der Waals surface area contributed by atoms with Gasteiger partial charge in [0, 0.05) is 32.1 Å². The van der Waals surface area contributed by atoms with E-state index in [4.69, 9.17) is 0 Å². The molecule has 0 radical (unpaired) electrons. The Morgan fingerprint density at radius 2 is 2.14 bits per heavy atom. The highest BCUT2D eigenvalue weighted by atomic mass is 16.1. The van der Waals surface area contributed by atoms with Crippen molar-refractivity contribution in [3.8, 4) is 0 Å². The Labute approximate surface area is 123 Å². The zero-order valence-corrected chi connectivity index (χ0v) is 12.2. The summed E-state index contributed by atoms with van der Waals surface area (Å²) in [6.45, 7) is 0. The van der Waals surface area contributed by atoms with E-state index in [2.05, 4.69) is 26.9 Å². The zero-order chi connectivity index (χ0) is 14.4. The first-order chi connectivity index (χ1) is 10.2. The number of Topliss-reactive ketones (excluding diaryl/α,β-unsaturated/α-hetero) is 1. The van der Waals surface area contributed by atoms with E-state index in [-0.39, 0.29) is 0 Å². The van der Waals surface area contributed by atoms with Crippen LogP contribution in [-0.2, 0) is 4.79 Å². The summed E-state index contributed by atoms with van der Waals surface area (Å²) in [5, 5.41) is 1.07. The van der Waals surface area contributed by atoms with Crippen molar-refractivity contribution in [3.05, 3.63) is 18.6 Å². The van der Waals surface area contributed by atoms with Crippen molar-refractivity contribution in [2.24, 2.45) is 11.8 Å². The lowest BCUT2D eigenvalue weighted by Crippen LogP contribution is -2.30. The van der Waals surface area contributed by atoms with Gasteiger partial charge in [0.2, 0.25) is 0 Å². The predicted molar refractivity (Wildman–Crippen MR) is 81.2 cm³/mol. The molecule has 110 valence electrons. The van der Waals surface area contributed by atoms with Gasteiger partial charge >= 0.3 is 0 Å². The van der Waals surface area contributed by atoms with Gasteiger partial charge in [-0.25, -0.2) is 9.97 Å². The molecule has 4 rings (SSSR count). The maximum atomic E-state index is 11.7. The summed E-state index contributed by atoms with van der Waals surface area (Å²) >= 11 is 0. The van der Waals surface area contributed by atoms with E-state index in [0.717, 1.165) is 48.5 Å². The third-order valence-corrected chi connectivity index (χ3v) is 5.31. The van der Waals surface area contributed by atoms with Gasteiger partial charge in [-0.05, 0) is 37.2 Å². The first kappa shape index (κ1) is 12.8. The number of carbonyl (C=O) groups excluding carboxylic acids is 1. The fourth-order valence-corrected chi connectivity index (χ4v) is 4.15. The number of hydrogen-bond donors (Lipinski definition) is 1. The maximum Gasteiger partial charge on any atom is 0.142 e. The lowest BCUT2D eigenvalue weighted by Gasteiger charge is -2.26. The highest BCUT2D eigenvalue weighted by Crippen LogP contribution is 2.43. The van der Waals surface area contributed by atoms with Gasteiger partial charge in [0.15, 0.2) is 0 Å². The Bertz CT molecular complexity index is 680. The van der Waals surface area contributed by atoms with Gasteiger partial charge in [-0.15, -0.1) is 0 Å². The molecule has 0 amide bonds. The van der Waals surface area contributed by atoms with Crippen LogP contribution in [0.1, 0.15) is 32.1 Å². The quantitative estimate of drug-likeness (QED) is 0.920. The number of carbonyl (C=O) groups is 1. The van der Waals surface area contributed by atoms with Crippen LogP contribution in [0.4, 0.5) is 5.82 Å². The fraction of sp³-hybridized carbons (Fsp3) is 0.562. The number of aromatic amines is 1. The Balaban J connectivity index is 1.59. The van der Waals surface area contributed by atoms with Gasteiger partial charge in [-0.3, -0.25) is 4.79 Å². The van der Waals surface area contributed by atoms with Gasteiger partial charge in [0.1, 0.15) is 23.6 Å². The van der Waals surface area contributed by atoms with E-state index in [0.29, 0.717) is 17.7 Å². The Morgan fingerprint density at radius 3 is 3.05 bits per heavy atom. The molecule has 3 atom stereocenters. The summed E-state index contributed by atoms with van der Waals surface area (Å²) in [7, 11) is 2.12. The van der Waals surface area contributed by atoms with Crippen LogP contribution < -0.4 is 4.90 Å². The van der Waals surface area contributed by atoms with E-state index in [1.807, 2.05) is 12.3 Å². The Kier molecular flexibility index (Phi) is 2.94. The van der Waals surface area contributed by atoms with Gasteiger partial charge in [0.05, 0.1) is 5.39 Å². The highest BCUT2D eigenvalue weighted by Gasteiger charge is 2.40. The normalized spacial score (nSPS) is 28.8. The topological polar surface area (TPSA) is 61.9 Å². The number of anilines is 1. The third kappa shape index (κ3) is 2.11. The molecule has 21 heavy (non-hydrogen) atoms. The minimum atomic E-state index is 0.453.